The number of hydrogen-bond acceptors (Lipinski definition) is 3. The highest BCUT2D eigenvalue weighted by Crippen LogP contribution is 2.29. The van der Waals surface area contributed by atoms with Gasteiger partial charge in [0.05, 0.1) is 0 Å². The van der Waals surface area contributed by atoms with E-state index in [-0.39, 0.29) is 29.9 Å². The molecule has 1 rings (SSSR count). The average molecular weight is 173 g/mol. The van der Waals surface area contributed by atoms with Gasteiger partial charge < -0.3 is 5.11 Å². The van der Waals surface area contributed by atoms with Crippen LogP contribution in [0, 0.1) is 22.0 Å². The molecule has 2 atom stereocenters. The van der Waals surface area contributed by atoms with E-state index in [0.29, 0.717) is 0 Å². The Morgan fingerprint density at radius 3 is 2.42 bits per heavy atom. The summed E-state index contributed by atoms with van der Waals surface area (Å²) < 4.78 is 0. The number of nitro groups is 1. The molecule has 4 nitrogen and oxygen atoms in total. The lowest BCUT2D eigenvalue weighted by atomic mass is 9.80. The SMILES string of the molecule is O=[N+]([O-])C[C@@H]1CCCC[C@H]1CO. The minimum Gasteiger partial charge on any atom is -0.396 e. The maximum absolute atomic E-state index is 10.3. The number of aliphatic hydroxyl groups excluding tert-OH is 1. The van der Waals surface area contributed by atoms with Crippen molar-refractivity contribution in [1.29, 1.82) is 0 Å². The molecular formula is C8H15NO3. The third kappa shape index (κ3) is 2.44. The highest BCUT2D eigenvalue weighted by atomic mass is 16.6. The Bertz CT molecular complexity index is 160. The second-order valence-electron chi connectivity index (χ2n) is 3.50. The minimum atomic E-state index is -0.265. The van der Waals surface area contributed by atoms with Crippen LogP contribution < -0.4 is 0 Å². The topological polar surface area (TPSA) is 63.4 Å². The lowest BCUT2D eigenvalue weighted by Gasteiger charge is -2.26. The predicted molar refractivity (Wildman–Crippen MR) is 44.4 cm³/mol. The van der Waals surface area contributed by atoms with Crippen LogP contribution in [0.25, 0.3) is 0 Å². The van der Waals surface area contributed by atoms with Crippen LogP contribution in [0.2, 0.25) is 0 Å². The van der Waals surface area contributed by atoms with E-state index >= 15 is 0 Å². The summed E-state index contributed by atoms with van der Waals surface area (Å²) in [5.41, 5.74) is 0. The summed E-state index contributed by atoms with van der Waals surface area (Å²) >= 11 is 0. The van der Waals surface area contributed by atoms with E-state index in [1.54, 1.807) is 0 Å². The average Bonchev–Trinajstić information content (AvgIpc) is 2.04. The molecule has 12 heavy (non-hydrogen) atoms. The number of hydrogen-bond donors (Lipinski definition) is 1. The van der Waals surface area contributed by atoms with Crippen LogP contribution in [-0.4, -0.2) is 23.2 Å². The normalized spacial score (nSPS) is 30.1. The third-order valence-corrected chi connectivity index (χ3v) is 2.68. The zero-order valence-corrected chi connectivity index (χ0v) is 7.11. The van der Waals surface area contributed by atoms with Crippen LogP contribution in [0.5, 0.6) is 0 Å². The van der Waals surface area contributed by atoms with Gasteiger partial charge in [-0.1, -0.05) is 12.8 Å². The molecular weight excluding hydrogens is 158 g/mol. The molecule has 4 heteroatoms. The van der Waals surface area contributed by atoms with Gasteiger partial charge in [-0.3, -0.25) is 10.1 Å². The van der Waals surface area contributed by atoms with Crippen LogP contribution >= 0.6 is 0 Å². The molecule has 1 N–H and O–H groups in total. The van der Waals surface area contributed by atoms with Crippen molar-refractivity contribution in [3.8, 4) is 0 Å². The van der Waals surface area contributed by atoms with Gasteiger partial charge in [0.25, 0.3) is 0 Å². The molecule has 1 aliphatic carbocycles. The predicted octanol–water partition coefficient (Wildman–Crippen LogP) is 1.06. The molecule has 0 aromatic rings. The summed E-state index contributed by atoms with van der Waals surface area (Å²) in [6.07, 6.45) is 4.05. The van der Waals surface area contributed by atoms with Crippen molar-refractivity contribution in [2.75, 3.05) is 13.2 Å². The molecule has 0 aliphatic heterocycles. The van der Waals surface area contributed by atoms with Crippen LogP contribution in [0.4, 0.5) is 0 Å². The van der Waals surface area contributed by atoms with Crippen molar-refractivity contribution in [2.24, 2.45) is 11.8 Å². The molecule has 0 bridgehead atoms. The van der Waals surface area contributed by atoms with Gasteiger partial charge in [0, 0.05) is 17.4 Å². The quantitative estimate of drug-likeness (QED) is 0.512. The molecule has 0 unspecified atom stereocenters. The Labute approximate surface area is 71.7 Å². The largest absolute Gasteiger partial charge is 0.396 e. The van der Waals surface area contributed by atoms with Gasteiger partial charge in [-0.05, 0) is 18.8 Å². The number of nitrogens with zero attached hydrogens (tertiary/aromatic N) is 1. The Kier molecular flexibility index (Phi) is 3.47. The smallest absolute Gasteiger partial charge is 0.207 e. The highest BCUT2D eigenvalue weighted by molar-refractivity contribution is 4.74. The molecule has 1 aliphatic rings. The summed E-state index contributed by atoms with van der Waals surface area (Å²) in [5.74, 6) is 0.280. The van der Waals surface area contributed by atoms with Gasteiger partial charge in [0.1, 0.15) is 0 Å². The van der Waals surface area contributed by atoms with Gasteiger partial charge >= 0.3 is 0 Å². The Hall–Kier alpha value is -0.640. The Balaban J connectivity index is 2.41. The van der Waals surface area contributed by atoms with E-state index in [1.807, 2.05) is 0 Å². The van der Waals surface area contributed by atoms with E-state index in [9.17, 15) is 10.1 Å². The Morgan fingerprint density at radius 2 is 1.92 bits per heavy atom. The first-order valence-corrected chi connectivity index (χ1v) is 4.46. The first kappa shape index (κ1) is 9.45. The molecule has 0 aromatic carbocycles. The van der Waals surface area contributed by atoms with Crippen LogP contribution in [-0.2, 0) is 0 Å². The third-order valence-electron chi connectivity index (χ3n) is 2.68. The van der Waals surface area contributed by atoms with Gasteiger partial charge in [-0.15, -0.1) is 0 Å². The fourth-order valence-corrected chi connectivity index (χ4v) is 1.96. The van der Waals surface area contributed by atoms with E-state index in [4.69, 9.17) is 5.11 Å². The van der Waals surface area contributed by atoms with Crippen LogP contribution in [0.3, 0.4) is 0 Å². The first-order chi connectivity index (χ1) is 5.74. The molecule has 0 heterocycles. The minimum absolute atomic E-state index is 0.0330. The van der Waals surface area contributed by atoms with Crippen molar-refractivity contribution in [2.45, 2.75) is 25.7 Å². The summed E-state index contributed by atoms with van der Waals surface area (Å²) in [5, 5.41) is 19.2. The summed E-state index contributed by atoms with van der Waals surface area (Å²) in [6, 6.07) is 0. The van der Waals surface area contributed by atoms with Gasteiger partial charge in [-0.2, -0.15) is 0 Å². The molecule has 0 aromatic heterocycles. The lowest BCUT2D eigenvalue weighted by Crippen LogP contribution is -2.28. The molecule has 0 radical (unpaired) electrons. The summed E-state index contributed by atoms with van der Waals surface area (Å²) in [4.78, 5) is 9.99. The van der Waals surface area contributed by atoms with Crippen molar-refractivity contribution < 1.29 is 10.0 Å². The first-order valence-electron chi connectivity index (χ1n) is 4.46. The maximum Gasteiger partial charge on any atom is 0.207 e. The lowest BCUT2D eigenvalue weighted by molar-refractivity contribution is -0.491. The van der Waals surface area contributed by atoms with E-state index in [0.717, 1.165) is 25.7 Å². The summed E-state index contributed by atoms with van der Waals surface area (Å²) in [6.45, 7) is 0.143. The molecule has 0 amide bonds. The van der Waals surface area contributed by atoms with Gasteiger partial charge in [0.15, 0.2) is 0 Å². The second-order valence-corrected chi connectivity index (χ2v) is 3.50. The van der Waals surface area contributed by atoms with Gasteiger partial charge in [-0.25, -0.2) is 0 Å². The van der Waals surface area contributed by atoms with Crippen molar-refractivity contribution in [1.82, 2.24) is 0 Å². The fraction of sp³-hybridized carbons (Fsp3) is 1.00. The van der Waals surface area contributed by atoms with Crippen LogP contribution in [0.15, 0.2) is 0 Å². The second kappa shape index (κ2) is 4.40. The molecule has 0 spiro atoms. The maximum atomic E-state index is 10.3. The zero-order chi connectivity index (χ0) is 8.97. The number of aliphatic hydroxyl groups is 1. The molecule has 1 fully saturated rings. The van der Waals surface area contributed by atoms with Crippen molar-refractivity contribution in [3.63, 3.8) is 0 Å². The standard InChI is InChI=1S/C8H15NO3/c10-6-8-4-2-1-3-7(8)5-9(11)12/h7-8,10H,1-6H2/t7-,8-/m0/s1. The van der Waals surface area contributed by atoms with Crippen LogP contribution in [0.1, 0.15) is 25.7 Å². The number of rotatable bonds is 3. The Morgan fingerprint density at radius 1 is 1.33 bits per heavy atom. The van der Waals surface area contributed by atoms with Gasteiger partial charge in [0.2, 0.25) is 6.54 Å². The van der Waals surface area contributed by atoms with E-state index in [1.165, 1.54) is 0 Å². The van der Waals surface area contributed by atoms with Crippen molar-refractivity contribution >= 4 is 0 Å². The fourth-order valence-electron chi connectivity index (χ4n) is 1.96. The monoisotopic (exact) mass is 173 g/mol. The molecule has 70 valence electrons. The highest BCUT2D eigenvalue weighted by Gasteiger charge is 2.28. The zero-order valence-electron chi connectivity index (χ0n) is 7.11. The van der Waals surface area contributed by atoms with E-state index < -0.39 is 0 Å². The molecule has 0 saturated heterocycles. The molecule has 1 saturated carbocycles. The van der Waals surface area contributed by atoms with E-state index in [2.05, 4.69) is 0 Å². The van der Waals surface area contributed by atoms with Crippen molar-refractivity contribution in [3.05, 3.63) is 10.1 Å². The summed E-state index contributed by atoms with van der Waals surface area (Å²) in [7, 11) is 0.